The zero-order chi connectivity index (χ0) is 14.6. The van der Waals surface area contributed by atoms with Crippen molar-refractivity contribution in [3.05, 3.63) is 60.3 Å². The van der Waals surface area contributed by atoms with Crippen molar-refractivity contribution < 1.29 is 9.90 Å². The molecule has 2 rings (SSSR count). The van der Waals surface area contributed by atoms with Crippen LogP contribution in [0.15, 0.2) is 54.7 Å². The van der Waals surface area contributed by atoms with Gasteiger partial charge in [0.2, 0.25) is 4.33 Å². The molecular weight excluding hydrogens is 299 g/mol. The van der Waals surface area contributed by atoms with Gasteiger partial charge in [-0.15, -0.1) is 0 Å². The van der Waals surface area contributed by atoms with Crippen LogP contribution < -0.4 is 5.32 Å². The quantitative estimate of drug-likeness (QED) is 0.830. The number of pyridine rings is 1. The molecule has 1 aromatic heterocycles. The molecular formula is C14H12Cl2N2O2. The van der Waals surface area contributed by atoms with E-state index in [2.05, 4.69) is 10.3 Å². The summed E-state index contributed by atoms with van der Waals surface area (Å²) in [6.07, 6.45) is 1.59. The summed E-state index contributed by atoms with van der Waals surface area (Å²) in [5.41, 5.74) is 0.658. The molecule has 1 aromatic carbocycles. The SMILES string of the molecule is O=C(O)C(Cl)(Cl)C(Nc1ccccn1)c1ccccc1. The summed E-state index contributed by atoms with van der Waals surface area (Å²) in [5.74, 6) is -0.827. The normalized spacial score (nSPS) is 12.7. The van der Waals surface area contributed by atoms with E-state index < -0.39 is 16.3 Å². The van der Waals surface area contributed by atoms with Gasteiger partial charge in [0.05, 0.1) is 6.04 Å². The lowest BCUT2D eigenvalue weighted by Crippen LogP contribution is -2.37. The van der Waals surface area contributed by atoms with Crippen LogP contribution in [0.5, 0.6) is 0 Å². The molecule has 0 fully saturated rings. The van der Waals surface area contributed by atoms with Crippen LogP contribution in [0.25, 0.3) is 0 Å². The first-order chi connectivity index (χ1) is 9.51. The summed E-state index contributed by atoms with van der Waals surface area (Å²) < 4.78 is -2.02. The van der Waals surface area contributed by atoms with Gasteiger partial charge in [-0.25, -0.2) is 9.78 Å². The van der Waals surface area contributed by atoms with E-state index in [0.29, 0.717) is 11.4 Å². The van der Waals surface area contributed by atoms with Gasteiger partial charge >= 0.3 is 5.97 Å². The lowest BCUT2D eigenvalue weighted by molar-refractivity contribution is -0.138. The number of carboxylic acid groups (broad SMARTS) is 1. The molecule has 0 bridgehead atoms. The van der Waals surface area contributed by atoms with Crippen molar-refractivity contribution in [2.45, 2.75) is 10.4 Å². The van der Waals surface area contributed by atoms with Crippen molar-refractivity contribution >= 4 is 35.0 Å². The number of benzene rings is 1. The van der Waals surface area contributed by atoms with Crippen molar-refractivity contribution in [3.63, 3.8) is 0 Å². The Bertz CT molecular complexity index is 576. The van der Waals surface area contributed by atoms with Crippen molar-refractivity contribution in [2.24, 2.45) is 0 Å². The third-order valence-corrected chi connectivity index (χ3v) is 3.50. The summed E-state index contributed by atoms with van der Waals surface area (Å²) in [7, 11) is 0. The Kier molecular flexibility index (Phi) is 4.47. The predicted molar refractivity (Wildman–Crippen MR) is 79.1 cm³/mol. The van der Waals surface area contributed by atoms with Crippen LogP contribution in [-0.4, -0.2) is 20.4 Å². The molecule has 0 aliphatic heterocycles. The summed E-state index contributed by atoms with van der Waals surface area (Å²) in [4.78, 5) is 15.4. The van der Waals surface area contributed by atoms with Crippen molar-refractivity contribution in [3.8, 4) is 0 Å². The molecule has 0 aliphatic rings. The molecule has 2 N–H and O–H groups in total. The molecule has 0 spiro atoms. The Morgan fingerprint density at radius 3 is 2.35 bits per heavy atom. The van der Waals surface area contributed by atoms with Crippen LogP contribution in [0.4, 0.5) is 5.82 Å². The fourth-order valence-corrected chi connectivity index (χ4v) is 2.11. The highest BCUT2D eigenvalue weighted by atomic mass is 35.5. The van der Waals surface area contributed by atoms with E-state index >= 15 is 0 Å². The molecule has 1 atom stereocenters. The lowest BCUT2D eigenvalue weighted by atomic mass is 10.0. The number of hydrogen-bond acceptors (Lipinski definition) is 3. The summed E-state index contributed by atoms with van der Waals surface area (Å²) in [5, 5.41) is 12.2. The Balaban J connectivity index is 2.37. The van der Waals surface area contributed by atoms with Crippen LogP contribution in [0.1, 0.15) is 11.6 Å². The molecule has 1 unspecified atom stereocenters. The monoisotopic (exact) mass is 310 g/mol. The lowest BCUT2D eigenvalue weighted by Gasteiger charge is -2.28. The minimum Gasteiger partial charge on any atom is -0.479 e. The molecule has 0 radical (unpaired) electrons. The summed E-state index contributed by atoms with van der Waals surface area (Å²) >= 11 is 12.0. The van der Waals surface area contributed by atoms with Crippen LogP contribution in [0.3, 0.4) is 0 Å². The molecule has 4 nitrogen and oxygen atoms in total. The molecule has 0 saturated carbocycles. The van der Waals surface area contributed by atoms with Gasteiger partial charge in [-0.3, -0.25) is 0 Å². The second-order valence-electron chi connectivity index (χ2n) is 4.13. The van der Waals surface area contributed by atoms with Crippen LogP contribution in [0, 0.1) is 0 Å². The zero-order valence-electron chi connectivity index (χ0n) is 10.3. The van der Waals surface area contributed by atoms with Gasteiger partial charge in [0, 0.05) is 6.20 Å². The van der Waals surface area contributed by atoms with Gasteiger partial charge in [-0.1, -0.05) is 59.6 Å². The van der Waals surface area contributed by atoms with Gasteiger partial charge in [0.15, 0.2) is 0 Å². The topological polar surface area (TPSA) is 62.2 Å². The molecule has 6 heteroatoms. The first-order valence-electron chi connectivity index (χ1n) is 5.85. The molecule has 20 heavy (non-hydrogen) atoms. The van der Waals surface area contributed by atoms with Gasteiger partial charge < -0.3 is 10.4 Å². The van der Waals surface area contributed by atoms with E-state index in [1.807, 2.05) is 6.07 Å². The van der Waals surface area contributed by atoms with Gasteiger partial charge in [0.1, 0.15) is 5.82 Å². The number of aromatic nitrogens is 1. The van der Waals surface area contributed by atoms with E-state index in [0.717, 1.165) is 0 Å². The van der Waals surface area contributed by atoms with E-state index in [9.17, 15) is 9.90 Å². The second-order valence-corrected chi connectivity index (χ2v) is 5.52. The maximum absolute atomic E-state index is 11.3. The second kappa shape index (κ2) is 6.11. The number of rotatable bonds is 5. The van der Waals surface area contributed by atoms with Crippen molar-refractivity contribution in [2.75, 3.05) is 5.32 Å². The third-order valence-electron chi connectivity index (χ3n) is 2.74. The third kappa shape index (κ3) is 3.21. The number of nitrogens with one attached hydrogen (secondary N) is 1. The average Bonchev–Trinajstić information content (AvgIpc) is 2.46. The number of aliphatic carboxylic acids is 1. The minimum absolute atomic E-state index is 0.494. The van der Waals surface area contributed by atoms with Crippen LogP contribution in [-0.2, 0) is 4.79 Å². The van der Waals surface area contributed by atoms with Crippen molar-refractivity contribution in [1.29, 1.82) is 0 Å². The molecule has 0 amide bonds. The highest BCUT2D eigenvalue weighted by Crippen LogP contribution is 2.38. The standard InChI is InChI=1S/C14H12Cl2N2O2/c15-14(16,13(19)20)12(10-6-2-1-3-7-10)18-11-8-4-5-9-17-11/h1-9,12H,(H,17,18)(H,19,20). The zero-order valence-corrected chi connectivity index (χ0v) is 11.8. The van der Waals surface area contributed by atoms with Gasteiger partial charge in [-0.05, 0) is 17.7 Å². The molecule has 1 heterocycles. The molecule has 0 aliphatic carbocycles. The number of halogens is 2. The van der Waals surface area contributed by atoms with E-state index in [1.54, 1.807) is 48.7 Å². The summed E-state index contributed by atoms with van der Waals surface area (Å²) in [6.45, 7) is 0. The fourth-order valence-electron chi connectivity index (χ4n) is 1.75. The number of alkyl halides is 2. The average molecular weight is 311 g/mol. The largest absolute Gasteiger partial charge is 0.479 e. The minimum atomic E-state index is -2.02. The predicted octanol–water partition coefficient (Wildman–Crippen LogP) is 3.49. The van der Waals surface area contributed by atoms with Crippen LogP contribution in [0.2, 0.25) is 0 Å². The first-order valence-corrected chi connectivity index (χ1v) is 6.61. The van der Waals surface area contributed by atoms with E-state index in [-0.39, 0.29) is 0 Å². The number of carbonyl (C=O) groups is 1. The summed E-state index contributed by atoms with van der Waals surface area (Å²) in [6, 6.07) is 13.3. The number of nitrogens with zero attached hydrogens (tertiary/aromatic N) is 1. The Labute approximate surface area is 126 Å². The highest BCUT2D eigenvalue weighted by molar-refractivity contribution is 6.58. The van der Waals surface area contributed by atoms with E-state index in [4.69, 9.17) is 23.2 Å². The molecule has 104 valence electrons. The number of hydrogen-bond donors (Lipinski definition) is 2. The Morgan fingerprint density at radius 2 is 1.80 bits per heavy atom. The van der Waals surface area contributed by atoms with Gasteiger partial charge in [0.25, 0.3) is 0 Å². The van der Waals surface area contributed by atoms with E-state index in [1.165, 1.54) is 0 Å². The Hall–Kier alpha value is -1.78. The highest BCUT2D eigenvalue weighted by Gasteiger charge is 2.43. The molecule has 0 saturated heterocycles. The maximum Gasteiger partial charge on any atom is 0.342 e. The molecule has 2 aromatic rings. The van der Waals surface area contributed by atoms with Crippen molar-refractivity contribution in [1.82, 2.24) is 4.98 Å². The Morgan fingerprint density at radius 1 is 1.15 bits per heavy atom. The number of anilines is 1. The number of carboxylic acids is 1. The first kappa shape index (κ1) is 14.6. The maximum atomic E-state index is 11.3. The fraction of sp³-hybridized carbons (Fsp3) is 0.143. The smallest absolute Gasteiger partial charge is 0.342 e. The van der Waals surface area contributed by atoms with Crippen LogP contribution >= 0.6 is 23.2 Å². The van der Waals surface area contributed by atoms with Gasteiger partial charge in [-0.2, -0.15) is 0 Å².